The third-order valence-corrected chi connectivity index (χ3v) is 3.48. The molecule has 0 saturated carbocycles. The predicted molar refractivity (Wildman–Crippen MR) is 81.4 cm³/mol. The maximum Gasteiger partial charge on any atom is 0.322 e. The van der Waals surface area contributed by atoms with Crippen LogP contribution >= 0.6 is 0 Å². The molecule has 1 atom stereocenters. The molecule has 0 radical (unpaired) electrons. The number of hydrogen-bond acceptors (Lipinski definition) is 6. The van der Waals surface area contributed by atoms with Crippen LogP contribution in [0.1, 0.15) is 17.9 Å². The first-order valence-electron chi connectivity index (χ1n) is 7.29. The van der Waals surface area contributed by atoms with Crippen molar-refractivity contribution in [3.8, 4) is 11.4 Å². The summed E-state index contributed by atoms with van der Waals surface area (Å²) < 4.78 is 4.93. The number of imide groups is 1. The van der Waals surface area contributed by atoms with E-state index in [1.807, 2.05) is 24.3 Å². The summed E-state index contributed by atoms with van der Waals surface area (Å²) in [6, 6.07) is 5.94. The van der Waals surface area contributed by atoms with Crippen molar-refractivity contribution < 1.29 is 18.9 Å². The molecule has 1 aromatic carbocycles. The lowest BCUT2D eigenvalue weighted by molar-refractivity contribution is -0.126. The van der Waals surface area contributed by atoms with Crippen molar-refractivity contribution in [2.45, 2.75) is 25.9 Å². The van der Waals surface area contributed by atoms with Crippen molar-refractivity contribution in [2.24, 2.45) is 0 Å². The molecule has 0 bridgehead atoms. The number of carbonyl (C=O) groups excluding carboxylic acids is 3. The normalized spacial score (nSPS) is 16.6. The summed E-state index contributed by atoms with van der Waals surface area (Å²) in [4.78, 5) is 38.3. The fraction of sp³-hybridized carbons (Fsp3) is 0.267. The molecule has 3 N–H and O–H groups in total. The van der Waals surface area contributed by atoms with E-state index in [0.717, 1.165) is 11.1 Å². The van der Waals surface area contributed by atoms with Crippen LogP contribution in [0, 0.1) is 6.92 Å². The molecule has 1 aliphatic rings. The van der Waals surface area contributed by atoms with Gasteiger partial charge in [-0.15, -0.1) is 0 Å². The zero-order valence-electron chi connectivity index (χ0n) is 12.8. The third kappa shape index (κ3) is 3.57. The Morgan fingerprint density at radius 2 is 2.04 bits per heavy atom. The molecule has 9 nitrogen and oxygen atoms in total. The van der Waals surface area contributed by atoms with Crippen LogP contribution in [0.25, 0.3) is 11.4 Å². The highest BCUT2D eigenvalue weighted by Gasteiger charge is 2.31. The van der Waals surface area contributed by atoms with Crippen LogP contribution in [0.15, 0.2) is 28.8 Å². The second kappa shape index (κ2) is 6.49. The Labute approximate surface area is 136 Å². The maximum absolute atomic E-state index is 11.8. The number of aromatic nitrogens is 2. The first-order chi connectivity index (χ1) is 11.5. The van der Waals surface area contributed by atoms with E-state index >= 15 is 0 Å². The van der Waals surface area contributed by atoms with Crippen LogP contribution in [0.2, 0.25) is 0 Å². The summed E-state index contributed by atoms with van der Waals surface area (Å²) in [6.45, 7) is 2.03. The Balaban J connectivity index is 1.52. The number of nitrogens with one attached hydrogen (secondary N) is 3. The van der Waals surface area contributed by atoms with Crippen LogP contribution in [0.4, 0.5) is 4.79 Å². The minimum atomic E-state index is -0.818. The maximum atomic E-state index is 11.8. The van der Waals surface area contributed by atoms with Gasteiger partial charge in [-0.25, -0.2) is 4.79 Å². The van der Waals surface area contributed by atoms with Gasteiger partial charge in [-0.2, -0.15) is 4.98 Å². The smallest absolute Gasteiger partial charge is 0.322 e. The number of amides is 4. The number of benzene rings is 1. The molecule has 1 fully saturated rings. The molecule has 2 aromatic rings. The summed E-state index contributed by atoms with van der Waals surface area (Å²) in [5.74, 6) is 0.181. The molecule has 0 aliphatic carbocycles. The number of rotatable bonds is 5. The summed E-state index contributed by atoms with van der Waals surface area (Å²) >= 11 is 0. The lowest BCUT2D eigenvalue weighted by Gasteiger charge is -2.08. The second-order valence-corrected chi connectivity index (χ2v) is 5.33. The van der Waals surface area contributed by atoms with Crippen molar-refractivity contribution in [3.63, 3.8) is 0 Å². The Bertz CT molecular complexity index is 783. The largest absolute Gasteiger partial charge is 0.352 e. The molecule has 0 spiro atoms. The Hall–Kier alpha value is -3.23. The standard InChI is InChI=1S/C15H15N5O4/c1-8-17-13(20-24-8)10-4-2-9(3-5-10)7-16-12(21)6-11-14(22)19-15(23)18-11/h2-5,11H,6-7H2,1H3,(H,16,21)(H2,18,19,22,23)/t11-/m1/s1. The van der Waals surface area contributed by atoms with Crippen molar-refractivity contribution in [3.05, 3.63) is 35.7 Å². The third-order valence-electron chi connectivity index (χ3n) is 3.48. The van der Waals surface area contributed by atoms with Gasteiger partial charge in [-0.1, -0.05) is 29.4 Å². The van der Waals surface area contributed by atoms with E-state index in [9.17, 15) is 14.4 Å². The first-order valence-corrected chi connectivity index (χ1v) is 7.29. The molecule has 1 saturated heterocycles. The van der Waals surface area contributed by atoms with Crippen LogP contribution in [0.3, 0.4) is 0 Å². The summed E-state index contributed by atoms with van der Waals surface area (Å²) in [6.07, 6.45) is -0.0994. The molecule has 9 heteroatoms. The zero-order chi connectivity index (χ0) is 17.1. The summed E-state index contributed by atoms with van der Waals surface area (Å²) in [5.41, 5.74) is 1.69. The van der Waals surface area contributed by atoms with E-state index in [0.29, 0.717) is 18.3 Å². The van der Waals surface area contributed by atoms with E-state index in [4.69, 9.17) is 4.52 Å². The number of hydrogen-bond donors (Lipinski definition) is 3. The van der Waals surface area contributed by atoms with Gasteiger partial charge in [0.25, 0.3) is 5.91 Å². The van der Waals surface area contributed by atoms with Gasteiger partial charge < -0.3 is 15.2 Å². The molecule has 124 valence electrons. The van der Waals surface area contributed by atoms with Gasteiger partial charge in [0, 0.05) is 19.0 Å². The number of aryl methyl sites for hydroxylation is 1. The fourth-order valence-electron chi connectivity index (χ4n) is 2.25. The van der Waals surface area contributed by atoms with Crippen molar-refractivity contribution in [1.82, 2.24) is 26.1 Å². The highest BCUT2D eigenvalue weighted by molar-refractivity contribution is 6.05. The molecule has 0 unspecified atom stereocenters. The Morgan fingerprint density at radius 1 is 1.29 bits per heavy atom. The summed E-state index contributed by atoms with van der Waals surface area (Å²) in [5, 5.41) is 11.0. The van der Waals surface area contributed by atoms with Gasteiger partial charge in [0.1, 0.15) is 6.04 Å². The number of nitrogens with zero attached hydrogens (tertiary/aromatic N) is 2. The van der Waals surface area contributed by atoms with Crippen molar-refractivity contribution >= 4 is 17.8 Å². The SMILES string of the molecule is Cc1nc(-c2ccc(CNC(=O)C[C@H]3NC(=O)NC3=O)cc2)no1. The lowest BCUT2D eigenvalue weighted by Crippen LogP contribution is -2.36. The van der Waals surface area contributed by atoms with E-state index in [-0.39, 0.29) is 12.3 Å². The van der Waals surface area contributed by atoms with Gasteiger partial charge in [0.15, 0.2) is 0 Å². The van der Waals surface area contributed by atoms with E-state index in [1.165, 1.54) is 0 Å². The fourth-order valence-corrected chi connectivity index (χ4v) is 2.25. The predicted octanol–water partition coefficient (Wildman–Crippen LogP) is 0.259. The molecule has 3 rings (SSSR count). The number of carbonyl (C=O) groups is 3. The molecule has 4 amide bonds. The Kier molecular flexibility index (Phi) is 4.23. The van der Waals surface area contributed by atoms with Gasteiger partial charge in [-0.3, -0.25) is 14.9 Å². The first kappa shape index (κ1) is 15.7. The second-order valence-electron chi connectivity index (χ2n) is 5.33. The van der Waals surface area contributed by atoms with Crippen molar-refractivity contribution in [2.75, 3.05) is 0 Å². The van der Waals surface area contributed by atoms with Crippen molar-refractivity contribution in [1.29, 1.82) is 0 Å². The summed E-state index contributed by atoms with van der Waals surface area (Å²) in [7, 11) is 0. The van der Waals surface area contributed by atoms with E-state index in [2.05, 4.69) is 26.1 Å². The minimum Gasteiger partial charge on any atom is -0.352 e. The van der Waals surface area contributed by atoms with E-state index in [1.54, 1.807) is 6.92 Å². The molecular weight excluding hydrogens is 314 g/mol. The molecular formula is C15H15N5O4. The van der Waals surface area contributed by atoms with Crippen LogP contribution in [0.5, 0.6) is 0 Å². The highest BCUT2D eigenvalue weighted by atomic mass is 16.5. The molecule has 1 aliphatic heterocycles. The highest BCUT2D eigenvalue weighted by Crippen LogP contribution is 2.16. The quantitative estimate of drug-likeness (QED) is 0.675. The van der Waals surface area contributed by atoms with Crippen LogP contribution in [-0.2, 0) is 16.1 Å². The average Bonchev–Trinajstić information content (AvgIpc) is 3.11. The lowest BCUT2D eigenvalue weighted by atomic mass is 10.1. The topological polar surface area (TPSA) is 126 Å². The molecule has 2 heterocycles. The number of urea groups is 1. The van der Waals surface area contributed by atoms with Gasteiger partial charge in [-0.05, 0) is 5.56 Å². The molecule has 1 aromatic heterocycles. The van der Waals surface area contributed by atoms with Crippen LogP contribution < -0.4 is 16.0 Å². The van der Waals surface area contributed by atoms with Gasteiger partial charge in [0.05, 0.1) is 6.42 Å². The minimum absolute atomic E-state index is 0.0994. The average molecular weight is 329 g/mol. The van der Waals surface area contributed by atoms with Crippen LogP contribution in [-0.4, -0.2) is 34.0 Å². The van der Waals surface area contributed by atoms with E-state index < -0.39 is 18.0 Å². The zero-order valence-corrected chi connectivity index (χ0v) is 12.8. The van der Waals surface area contributed by atoms with Gasteiger partial charge >= 0.3 is 6.03 Å². The van der Waals surface area contributed by atoms with Gasteiger partial charge in [0.2, 0.25) is 17.6 Å². The molecule has 24 heavy (non-hydrogen) atoms. The Morgan fingerprint density at radius 3 is 2.62 bits per heavy atom. The monoisotopic (exact) mass is 329 g/mol.